The minimum absolute atomic E-state index is 0.000442. The van der Waals surface area contributed by atoms with Crippen LogP contribution in [-0.4, -0.2) is 43.8 Å². The molecule has 2 saturated heterocycles. The zero-order chi connectivity index (χ0) is 24.5. The Kier molecular flexibility index (Phi) is 6.73. The van der Waals surface area contributed by atoms with Crippen molar-refractivity contribution in [3.05, 3.63) is 80.1 Å². The van der Waals surface area contributed by atoms with Gasteiger partial charge in [-0.3, -0.25) is 18.9 Å². The molecule has 1 aromatic carbocycles. The van der Waals surface area contributed by atoms with Crippen LogP contribution in [0, 0.1) is 13.8 Å². The molecule has 2 fully saturated rings. The molecular weight excluding hydrogens is 480 g/mol. The summed E-state index contributed by atoms with van der Waals surface area (Å²) >= 11 is 6.70. The van der Waals surface area contributed by atoms with Crippen molar-refractivity contribution >= 4 is 51.7 Å². The van der Waals surface area contributed by atoms with E-state index in [0.717, 1.165) is 24.0 Å². The SMILES string of the molecule is Cc1ccc(CNc2nc3ccc(C)cn3c(=O)c2/C=C2\SC(=S)N(C[C@H]3CCCO3)C2=O)cc1. The number of aryl methyl sites for hydroxylation is 2. The van der Waals surface area contributed by atoms with Crippen LogP contribution in [0.15, 0.2) is 52.3 Å². The fourth-order valence-corrected chi connectivity index (χ4v) is 5.45. The van der Waals surface area contributed by atoms with Gasteiger partial charge >= 0.3 is 0 Å². The van der Waals surface area contributed by atoms with Gasteiger partial charge in [0.05, 0.1) is 23.1 Å². The number of anilines is 1. The van der Waals surface area contributed by atoms with Crippen molar-refractivity contribution in [1.29, 1.82) is 0 Å². The maximum Gasteiger partial charge on any atom is 0.267 e. The first-order valence-electron chi connectivity index (χ1n) is 11.6. The van der Waals surface area contributed by atoms with E-state index in [1.54, 1.807) is 17.2 Å². The van der Waals surface area contributed by atoms with Crippen LogP contribution in [0.1, 0.15) is 35.1 Å². The van der Waals surface area contributed by atoms with Gasteiger partial charge in [-0.05, 0) is 50.0 Å². The van der Waals surface area contributed by atoms with E-state index in [9.17, 15) is 9.59 Å². The molecule has 9 heteroatoms. The topological polar surface area (TPSA) is 75.9 Å². The minimum Gasteiger partial charge on any atom is -0.376 e. The lowest BCUT2D eigenvalue weighted by Gasteiger charge is -2.18. The molecule has 0 aliphatic carbocycles. The fraction of sp³-hybridized carbons (Fsp3) is 0.308. The third kappa shape index (κ3) is 5.03. The van der Waals surface area contributed by atoms with Gasteiger partial charge in [0.25, 0.3) is 11.5 Å². The summed E-state index contributed by atoms with van der Waals surface area (Å²) in [6.45, 7) is 5.61. The van der Waals surface area contributed by atoms with Crippen molar-refractivity contribution in [3.8, 4) is 0 Å². The number of thioether (sulfide) groups is 1. The van der Waals surface area contributed by atoms with Crippen LogP contribution in [-0.2, 0) is 16.1 Å². The van der Waals surface area contributed by atoms with Gasteiger partial charge in [0.2, 0.25) is 0 Å². The smallest absolute Gasteiger partial charge is 0.267 e. The van der Waals surface area contributed by atoms with Crippen LogP contribution in [0.5, 0.6) is 0 Å². The Balaban J connectivity index is 1.51. The molecule has 1 N–H and O–H groups in total. The average Bonchev–Trinajstić information content (AvgIpc) is 3.45. The zero-order valence-corrected chi connectivity index (χ0v) is 21.2. The molecule has 4 heterocycles. The van der Waals surface area contributed by atoms with Gasteiger partial charge < -0.3 is 10.1 Å². The van der Waals surface area contributed by atoms with Crippen LogP contribution in [0.2, 0.25) is 0 Å². The van der Waals surface area contributed by atoms with Crippen molar-refractivity contribution in [3.63, 3.8) is 0 Å². The maximum absolute atomic E-state index is 13.5. The molecule has 2 aliphatic rings. The van der Waals surface area contributed by atoms with E-state index in [2.05, 4.69) is 5.32 Å². The van der Waals surface area contributed by atoms with E-state index in [4.69, 9.17) is 21.9 Å². The summed E-state index contributed by atoms with van der Waals surface area (Å²) in [4.78, 5) is 33.5. The molecule has 1 amide bonds. The number of benzene rings is 1. The zero-order valence-electron chi connectivity index (χ0n) is 19.6. The van der Waals surface area contributed by atoms with Crippen LogP contribution >= 0.6 is 24.0 Å². The molecule has 0 saturated carbocycles. The Labute approximate surface area is 213 Å². The largest absolute Gasteiger partial charge is 0.376 e. The van der Waals surface area contributed by atoms with Crippen LogP contribution in [0.25, 0.3) is 11.7 Å². The fourth-order valence-electron chi connectivity index (χ4n) is 4.20. The molecule has 0 radical (unpaired) electrons. The second-order valence-corrected chi connectivity index (χ2v) is 10.6. The number of aromatic nitrogens is 2. The van der Waals surface area contributed by atoms with E-state index in [1.807, 2.05) is 50.2 Å². The monoisotopic (exact) mass is 506 g/mol. The Morgan fingerprint density at radius 2 is 1.94 bits per heavy atom. The highest BCUT2D eigenvalue weighted by molar-refractivity contribution is 8.26. The number of rotatable bonds is 6. The Morgan fingerprint density at radius 3 is 2.69 bits per heavy atom. The van der Waals surface area contributed by atoms with E-state index < -0.39 is 0 Å². The van der Waals surface area contributed by atoms with Gasteiger partial charge in [0.15, 0.2) is 0 Å². The van der Waals surface area contributed by atoms with E-state index in [0.29, 0.717) is 46.0 Å². The number of nitrogens with zero attached hydrogens (tertiary/aromatic N) is 3. The molecular formula is C26H26N4O3S2. The number of ether oxygens (including phenoxy) is 1. The second kappa shape index (κ2) is 9.93. The third-order valence-electron chi connectivity index (χ3n) is 6.15. The molecule has 7 nitrogen and oxygen atoms in total. The summed E-state index contributed by atoms with van der Waals surface area (Å²) in [6, 6.07) is 11.9. The van der Waals surface area contributed by atoms with Crippen LogP contribution in [0.4, 0.5) is 5.82 Å². The summed E-state index contributed by atoms with van der Waals surface area (Å²) in [5.74, 6) is 0.234. The van der Waals surface area contributed by atoms with Gasteiger partial charge in [-0.25, -0.2) is 4.98 Å². The highest BCUT2D eigenvalue weighted by atomic mass is 32.2. The highest BCUT2D eigenvalue weighted by Gasteiger charge is 2.35. The van der Waals surface area contributed by atoms with Gasteiger partial charge in [-0.15, -0.1) is 0 Å². The lowest BCUT2D eigenvalue weighted by molar-refractivity contribution is -0.123. The molecule has 0 bridgehead atoms. The molecule has 5 rings (SSSR count). The molecule has 1 atom stereocenters. The van der Waals surface area contributed by atoms with E-state index >= 15 is 0 Å². The van der Waals surface area contributed by atoms with Gasteiger partial charge in [-0.1, -0.05) is 59.9 Å². The van der Waals surface area contributed by atoms with Crippen LogP contribution < -0.4 is 10.9 Å². The number of fused-ring (bicyclic) bond motifs is 1. The van der Waals surface area contributed by atoms with Crippen molar-refractivity contribution in [2.45, 2.75) is 39.3 Å². The average molecular weight is 507 g/mol. The Morgan fingerprint density at radius 1 is 1.17 bits per heavy atom. The standard InChI is InChI=1S/C26H26N4O3S2/c1-16-5-8-18(9-6-16)13-27-23-20(24(31)29-14-17(2)7-10-22(29)28-23)12-21-25(32)30(26(34)35-21)15-19-4-3-11-33-19/h5-10,12,14,19,27H,3-4,11,13,15H2,1-2H3/b21-12-/t19-/m1/s1. The number of thiocarbonyl (C=S) groups is 1. The van der Waals surface area contributed by atoms with Crippen molar-refractivity contribution in [2.24, 2.45) is 0 Å². The number of nitrogens with one attached hydrogen (secondary N) is 1. The Bertz CT molecular complexity index is 1390. The maximum atomic E-state index is 13.5. The number of hydrogen-bond acceptors (Lipinski definition) is 7. The van der Waals surface area contributed by atoms with Crippen molar-refractivity contribution < 1.29 is 9.53 Å². The molecule has 0 spiro atoms. The predicted octanol–water partition coefficient (Wildman–Crippen LogP) is 4.30. The van der Waals surface area contributed by atoms with E-state index in [1.165, 1.54) is 21.7 Å². The number of carbonyl (C=O) groups excluding carboxylic acids is 1. The first-order valence-corrected chi connectivity index (χ1v) is 12.8. The number of hydrogen-bond donors (Lipinski definition) is 1. The molecule has 3 aromatic rings. The predicted molar refractivity (Wildman–Crippen MR) is 144 cm³/mol. The summed E-state index contributed by atoms with van der Waals surface area (Å²) in [5, 5.41) is 3.31. The summed E-state index contributed by atoms with van der Waals surface area (Å²) in [7, 11) is 0. The normalized spacial score (nSPS) is 19.3. The van der Waals surface area contributed by atoms with Crippen LogP contribution in [0.3, 0.4) is 0 Å². The minimum atomic E-state index is -0.241. The Hall–Kier alpha value is -3.01. The molecule has 0 unspecified atom stereocenters. The molecule has 180 valence electrons. The number of amides is 1. The van der Waals surface area contributed by atoms with E-state index in [-0.39, 0.29) is 17.6 Å². The lowest BCUT2D eigenvalue weighted by atomic mass is 10.1. The molecule has 2 aromatic heterocycles. The first kappa shape index (κ1) is 23.7. The molecule has 35 heavy (non-hydrogen) atoms. The van der Waals surface area contributed by atoms with Crippen molar-refractivity contribution in [2.75, 3.05) is 18.5 Å². The van der Waals surface area contributed by atoms with Gasteiger partial charge in [-0.2, -0.15) is 0 Å². The summed E-state index contributed by atoms with van der Waals surface area (Å²) in [6.07, 6.45) is 5.28. The lowest BCUT2D eigenvalue weighted by Crippen LogP contribution is -2.35. The van der Waals surface area contributed by atoms with Gasteiger partial charge in [0, 0.05) is 19.3 Å². The number of carbonyl (C=O) groups is 1. The second-order valence-electron chi connectivity index (χ2n) is 8.88. The molecule has 2 aliphatic heterocycles. The number of pyridine rings is 1. The highest BCUT2D eigenvalue weighted by Crippen LogP contribution is 2.34. The summed E-state index contributed by atoms with van der Waals surface area (Å²) in [5.41, 5.74) is 3.81. The van der Waals surface area contributed by atoms with Gasteiger partial charge in [0.1, 0.15) is 15.8 Å². The quantitative estimate of drug-likeness (QED) is 0.395. The first-order chi connectivity index (χ1) is 16.9. The summed E-state index contributed by atoms with van der Waals surface area (Å²) < 4.78 is 7.69. The van der Waals surface area contributed by atoms with Crippen molar-refractivity contribution in [1.82, 2.24) is 14.3 Å². The third-order valence-corrected chi connectivity index (χ3v) is 7.52.